The van der Waals surface area contributed by atoms with Gasteiger partial charge in [-0.05, 0) is 24.0 Å². The van der Waals surface area contributed by atoms with Crippen molar-refractivity contribution in [2.24, 2.45) is 0 Å². The second-order valence-electron chi connectivity index (χ2n) is 4.70. The molecule has 0 heterocycles. The summed E-state index contributed by atoms with van der Waals surface area (Å²) in [6.07, 6.45) is 5.11. The number of methoxy groups -OCH3 is 1. The topological polar surface area (TPSA) is 63.6 Å². The van der Waals surface area contributed by atoms with Gasteiger partial charge >= 0.3 is 11.9 Å². The molecule has 0 saturated heterocycles. The molecule has 1 aromatic carbocycles. The Bertz CT molecular complexity index is 527. The van der Waals surface area contributed by atoms with Crippen LogP contribution in [0.4, 0.5) is 0 Å². The highest BCUT2D eigenvalue weighted by molar-refractivity contribution is 5.85. The number of aliphatic carboxylic acids is 1. The largest absolute Gasteiger partial charge is 0.481 e. The monoisotopic (exact) mass is 260 g/mol. The molecule has 1 saturated carbocycles. The van der Waals surface area contributed by atoms with Crippen molar-refractivity contribution in [2.45, 2.75) is 24.7 Å². The summed E-state index contributed by atoms with van der Waals surface area (Å²) in [5.41, 5.74) is 1.04. The molecule has 1 aromatic rings. The Labute approximate surface area is 111 Å². The lowest BCUT2D eigenvalue weighted by Crippen LogP contribution is -2.19. The van der Waals surface area contributed by atoms with Crippen LogP contribution >= 0.6 is 0 Å². The summed E-state index contributed by atoms with van der Waals surface area (Å²) in [6.45, 7) is 0. The van der Waals surface area contributed by atoms with Crippen molar-refractivity contribution in [3.05, 3.63) is 41.5 Å². The van der Waals surface area contributed by atoms with Crippen LogP contribution in [0.15, 0.2) is 30.3 Å². The highest BCUT2D eigenvalue weighted by Gasteiger charge is 2.51. The summed E-state index contributed by atoms with van der Waals surface area (Å²) in [7, 11) is 1.35. The van der Waals surface area contributed by atoms with E-state index in [-0.39, 0.29) is 12.4 Å². The van der Waals surface area contributed by atoms with E-state index in [4.69, 9.17) is 0 Å². The van der Waals surface area contributed by atoms with Gasteiger partial charge in [-0.3, -0.25) is 9.59 Å². The number of carbonyl (C=O) groups excluding carboxylic acids is 1. The van der Waals surface area contributed by atoms with Crippen LogP contribution in [-0.2, 0) is 19.7 Å². The van der Waals surface area contributed by atoms with Crippen molar-refractivity contribution in [1.29, 1.82) is 0 Å². The first-order valence-electron chi connectivity index (χ1n) is 6.16. The molecule has 19 heavy (non-hydrogen) atoms. The smallest absolute Gasteiger partial charge is 0.314 e. The number of carboxylic acid groups (broad SMARTS) is 1. The van der Waals surface area contributed by atoms with Crippen molar-refractivity contribution in [3.63, 3.8) is 0 Å². The van der Waals surface area contributed by atoms with E-state index in [1.54, 1.807) is 12.2 Å². The molecule has 0 amide bonds. The van der Waals surface area contributed by atoms with E-state index < -0.39 is 11.4 Å². The normalized spacial score (nSPS) is 16.3. The summed E-state index contributed by atoms with van der Waals surface area (Å²) in [4.78, 5) is 22.2. The van der Waals surface area contributed by atoms with Crippen LogP contribution in [0.2, 0.25) is 0 Å². The second-order valence-corrected chi connectivity index (χ2v) is 4.70. The molecule has 1 fully saturated rings. The lowest BCUT2D eigenvalue weighted by Gasteiger charge is -2.10. The summed E-state index contributed by atoms with van der Waals surface area (Å²) in [5, 5.41) is 9.25. The average Bonchev–Trinajstić information content (AvgIpc) is 3.20. The number of carbonyl (C=O) groups is 2. The molecule has 0 spiro atoms. The van der Waals surface area contributed by atoms with E-state index >= 15 is 0 Å². The first-order chi connectivity index (χ1) is 9.08. The standard InChI is InChI=1S/C15H16O4/c1-19-13(16)7-3-5-11-4-2-6-12(10-11)15(8-9-15)14(17)18/h2-6,10H,7-9H2,1H3,(H,17,18). The predicted molar refractivity (Wildman–Crippen MR) is 70.7 cm³/mol. The molecule has 1 aliphatic carbocycles. The van der Waals surface area contributed by atoms with Gasteiger partial charge in [0, 0.05) is 0 Å². The molecule has 1 N–H and O–H groups in total. The minimum atomic E-state index is -0.761. The molecular formula is C15H16O4. The number of rotatable bonds is 5. The Morgan fingerprint density at radius 3 is 2.74 bits per heavy atom. The summed E-state index contributed by atoms with van der Waals surface area (Å²) >= 11 is 0. The molecule has 0 aromatic heterocycles. The minimum absolute atomic E-state index is 0.213. The molecule has 2 rings (SSSR count). The second kappa shape index (κ2) is 5.26. The Hall–Kier alpha value is -2.10. The lowest BCUT2D eigenvalue weighted by molar-refractivity contribution is -0.140. The predicted octanol–water partition coefficient (Wildman–Crippen LogP) is 2.38. The summed E-state index contributed by atoms with van der Waals surface area (Å²) in [5.74, 6) is -1.06. The number of hydrogen-bond acceptors (Lipinski definition) is 3. The summed E-state index contributed by atoms with van der Waals surface area (Å²) in [6, 6.07) is 7.44. The van der Waals surface area contributed by atoms with Crippen LogP contribution < -0.4 is 0 Å². The van der Waals surface area contributed by atoms with Gasteiger partial charge in [0.15, 0.2) is 0 Å². The van der Waals surface area contributed by atoms with Crippen LogP contribution in [-0.4, -0.2) is 24.2 Å². The molecule has 0 radical (unpaired) electrons. The van der Waals surface area contributed by atoms with Gasteiger partial charge in [0.1, 0.15) is 0 Å². The fourth-order valence-corrected chi connectivity index (χ4v) is 2.07. The van der Waals surface area contributed by atoms with Gasteiger partial charge in [0.25, 0.3) is 0 Å². The third-order valence-electron chi connectivity index (χ3n) is 3.42. The van der Waals surface area contributed by atoms with Crippen LogP contribution in [0, 0.1) is 0 Å². The first-order valence-corrected chi connectivity index (χ1v) is 6.16. The molecule has 0 bridgehead atoms. The molecule has 0 aliphatic heterocycles. The Morgan fingerprint density at radius 1 is 1.42 bits per heavy atom. The van der Waals surface area contributed by atoms with Gasteiger partial charge in [-0.25, -0.2) is 0 Å². The average molecular weight is 260 g/mol. The van der Waals surface area contributed by atoms with E-state index in [1.165, 1.54) is 7.11 Å². The van der Waals surface area contributed by atoms with Gasteiger partial charge in [-0.15, -0.1) is 0 Å². The van der Waals surface area contributed by atoms with Gasteiger partial charge < -0.3 is 9.84 Å². The zero-order valence-corrected chi connectivity index (χ0v) is 10.8. The molecular weight excluding hydrogens is 244 g/mol. The van der Waals surface area contributed by atoms with E-state index in [0.717, 1.165) is 11.1 Å². The van der Waals surface area contributed by atoms with Crippen molar-refractivity contribution in [2.75, 3.05) is 7.11 Å². The van der Waals surface area contributed by atoms with Gasteiger partial charge in [-0.2, -0.15) is 0 Å². The number of benzene rings is 1. The molecule has 0 unspecified atom stereocenters. The zero-order valence-electron chi connectivity index (χ0n) is 10.8. The maximum atomic E-state index is 11.3. The third kappa shape index (κ3) is 2.84. The van der Waals surface area contributed by atoms with E-state index in [0.29, 0.717) is 12.8 Å². The number of carboxylic acids is 1. The molecule has 4 nitrogen and oxygen atoms in total. The highest BCUT2D eigenvalue weighted by Crippen LogP contribution is 2.48. The molecule has 1 aliphatic rings. The Balaban J connectivity index is 2.12. The fraction of sp³-hybridized carbons (Fsp3) is 0.333. The highest BCUT2D eigenvalue weighted by atomic mass is 16.5. The van der Waals surface area contributed by atoms with Gasteiger partial charge in [0.05, 0.1) is 18.9 Å². The Morgan fingerprint density at radius 2 is 2.16 bits per heavy atom. The Kier molecular flexibility index (Phi) is 3.69. The molecule has 4 heteroatoms. The minimum Gasteiger partial charge on any atom is -0.481 e. The van der Waals surface area contributed by atoms with Crippen molar-refractivity contribution < 1.29 is 19.4 Å². The van der Waals surface area contributed by atoms with E-state index in [9.17, 15) is 14.7 Å². The van der Waals surface area contributed by atoms with Crippen molar-refractivity contribution in [1.82, 2.24) is 0 Å². The number of ether oxygens (including phenoxy) is 1. The van der Waals surface area contributed by atoms with E-state index in [1.807, 2.05) is 24.3 Å². The van der Waals surface area contributed by atoms with Crippen LogP contribution in [0.5, 0.6) is 0 Å². The van der Waals surface area contributed by atoms with Gasteiger partial charge in [-0.1, -0.05) is 36.4 Å². The summed E-state index contributed by atoms with van der Waals surface area (Å²) < 4.78 is 4.54. The van der Waals surface area contributed by atoms with Gasteiger partial charge in [0.2, 0.25) is 0 Å². The number of esters is 1. The lowest BCUT2D eigenvalue weighted by atomic mass is 9.94. The quantitative estimate of drug-likeness (QED) is 0.825. The van der Waals surface area contributed by atoms with Crippen molar-refractivity contribution >= 4 is 18.0 Å². The van der Waals surface area contributed by atoms with Crippen LogP contribution in [0.3, 0.4) is 0 Å². The number of hydrogen-bond donors (Lipinski definition) is 1. The fourth-order valence-electron chi connectivity index (χ4n) is 2.07. The third-order valence-corrected chi connectivity index (χ3v) is 3.42. The zero-order chi connectivity index (χ0) is 13.9. The van der Waals surface area contributed by atoms with Crippen LogP contribution in [0.1, 0.15) is 30.4 Å². The maximum absolute atomic E-state index is 11.3. The SMILES string of the molecule is COC(=O)CC=Cc1cccc(C2(C(=O)O)CC2)c1. The van der Waals surface area contributed by atoms with Crippen molar-refractivity contribution in [3.8, 4) is 0 Å². The van der Waals surface area contributed by atoms with Crippen LogP contribution in [0.25, 0.3) is 6.08 Å². The molecule has 0 atom stereocenters. The molecule has 100 valence electrons. The maximum Gasteiger partial charge on any atom is 0.314 e. The first kappa shape index (κ1) is 13.3. The van der Waals surface area contributed by atoms with E-state index in [2.05, 4.69) is 4.74 Å².